The number of ether oxygens (including phenoxy) is 1. The lowest BCUT2D eigenvalue weighted by molar-refractivity contribution is 0.0695. The van der Waals surface area contributed by atoms with Crippen LogP contribution in [0.15, 0.2) is 16.9 Å². The van der Waals surface area contributed by atoms with E-state index in [0.717, 1.165) is 6.42 Å². The fourth-order valence-electron chi connectivity index (χ4n) is 2.86. The van der Waals surface area contributed by atoms with Gasteiger partial charge in [0.1, 0.15) is 22.7 Å². The molecule has 1 heterocycles. The quantitative estimate of drug-likeness (QED) is 0.619. The molecule has 2 rings (SSSR count). The fourth-order valence-corrected chi connectivity index (χ4v) is 2.86. The van der Waals surface area contributed by atoms with Gasteiger partial charge in [-0.3, -0.25) is 4.79 Å². The first kappa shape index (κ1) is 19.0. The summed E-state index contributed by atoms with van der Waals surface area (Å²) in [6.45, 7) is 6.01. The number of aromatic amines is 1. The summed E-state index contributed by atoms with van der Waals surface area (Å²) < 4.78 is 5.69. The number of aromatic carboxylic acids is 2. The molecule has 0 bridgehead atoms. The van der Waals surface area contributed by atoms with E-state index in [4.69, 9.17) is 10.5 Å². The van der Waals surface area contributed by atoms with E-state index < -0.39 is 34.4 Å². The van der Waals surface area contributed by atoms with Crippen LogP contribution in [-0.4, -0.2) is 33.7 Å². The number of carboxylic acid groups (broad SMARTS) is 2. The molecule has 0 amide bonds. The number of aromatic nitrogens is 1. The highest BCUT2D eigenvalue weighted by Gasteiger charge is 2.27. The molecule has 0 atom stereocenters. The van der Waals surface area contributed by atoms with Gasteiger partial charge in [-0.25, -0.2) is 9.59 Å². The Kier molecular flexibility index (Phi) is 5.35. The Morgan fingerprint density at radius 3 is 2.12 bits per heavy atom. The summed E-state index contributed by atoms with van der Waals surface area (Å²) >= 11 is 0. The summed E-state index contributed by atoms with van der Waals surface area (Å²) in [6.07, 6.45) is 0.817. The van der Waals surface area contributed by atoms with Crippen LogP contribution in [0.25, 0.3) is 11.1 Å². The van der Waals surface area contributed by atoms with E-state index in [2.05, 4.69) is 4.98 Å². The van der Waals surface area contributed by atoms with E-state index in [1.54, 1.807) is 26.0 Å². The van der Waals surface area contributed by atoms with Crippen LogP contribution >= 0.6 is 0 Å². The summed E-state index contributed by atoms with van der Waals surface area (Å²) in [5.74, 6) is -2.73. The zero-order valence-corrected chi connectivity index (χ0v) is 14.7. The minimum absolute atomic E-state index is 0.223. The van der Waals surface area contributed by atoms with Gasteiger partial charge in [-0.15, -0.1) is 0 Å². The predicted molar refractivity (Wildman–Crippen MR) is 96.1 cm³/mol. The fraction of sp³-hybridized carbons (Fsp3) is 0.278. The second-order valence-electron chi connectivity index (χ2n) is 5.89. The summed E-state index contributed by atoms with van der Waals surface area (Å²) in [4.78, 5) is 37.4. The highest BCUT2D eigenvalue weighted by molar-refractivity contribution is 6.07. The molecular formula is C18H20N2O6. The molecule has 2 aromatic rings. The number of hydrogen-bond acceptors (Lipinski definition) is 5. The number of nitrogens with two attached hydrogens (primary N) is 1. The van der Waals surface area contributed by atoms with E-state index in [1.807, 2.05) is 6.92 Å². The maximum absolute atomic E-state index is 12.1. The Morgan fingerprint density at radius 2 is 1.65 bits per heavy atom. The van der Waals surface area contributed by atoms with Crippen molar-refractivity contribution >= 4 is 17.8 Å². The number of carboxylic acids is 2. The third-order valence-corrected chi connectivity index (χ3v) is 3.87. The molecule has 0 saturated heterocycles. The van der Waals surface area contributed by atoms with Crippen LogP contribution in [0.1, 0.15) is 45.2 Å². The third-order valence-electron chi connectivity index (χ3n) is 3.87. The standard InChI is InChI=1S/C18H20N2O6/c1-4-5-26-14-8(2)6-10(7-9(14)3)11-12(17(22)23)15(19)20-16(21)13(11)18(24)25/h6-7H,4-5H2,1-3H3,(H,22,23)(H,24,25)(H3,19,20,21). The normalized spacial score (nSPS) is 10.6. The van der Waals surface area contributed by atoms with Crippen molar-refractivity contribution in [3.8, 4) is 16.9 Å². The first-order chi connectivity index (χ1) is 12.2. The van der Waals surface area contributed by atoms with Gasteiger partial charge in [0.2, 0.25) is 0 Å². The highest BCUT2D eigenvalue weighted by Crippen LogP contribution is 2.34. The molecule has 0 aliphatic rings. The largest absolute Gasteiger partial charge is 0.493 e. The van der Waals surface area contributed by atoms with Crippen molar-refractivity contribution in [2.45, 2.75) is 27.2 Å². The van der Waals surface area contributed by atoms with Gasteiger partial charge in [-0.05, 0) is 49.1 Å². The molecule has 1 aromatic carbocycles. The molecule has 0 aliphatic heterocycles. The highest BCUT2D eigenvalue weighted by atomic mass is 16.5. The van der Waals surface area contributed by atoms with Gasteiger partial charge in [-0.2, -0.15) is 0 Å². The Hall–Kier alpha value is -3.29. The van der Waals surface area contributed by atoms with E-state index in [1.165, 1.54) is 0 Å². The molecule has 0 radical (unpaired) electrons. The van der Waals surface area contributed by atoms with Gasteiger partial charge in [0, 0.05) is 5.56 Å². The van der Waals surface area contributed by atoms with Crippen LogP contribution in [0, 0.1) is 13.8 Å². The van der Waals surface area contributed by atoms with Crippen molar-refractivity contribution in [1.29, 1.82) is 0 Å². The molecule has 0 aliphatic carbocycles. The van der Waals surface area contributed by atoms with Crippen molar-refractivity contribution in [2.75, 3.05) is 12.3 Å². The number of H-pyrrole nitrogens is 1. The molecule has 1 aromatic heterocycles. The number of pyridine rings is 1. The second-order valence-corrected chi connectivity index (χ2v) is 5.89. The van der Waals surface area contributed by atoms with E-state index in [-0.39, 0.29) is 11.1 Å². The first-order valence-corrected chi connectivity index (χ1v) is 7.95. The molecule has 0 fully saturated rings. The van der Waals surface area contributed by atoms with Gasteiger partial charge in [0.25, 0.3) is 5.56 Å². The minimum Gasteiger partial charge on any atom is -0.493 e. The second kappa shape index (κ2) is 7.30. The lowest BCUT2D eigenvalue weighted by Crippen LogP contribution is -2.24. The predicted octanol–water partition coefficient (Wildman–Crippen LogP) is 2.43. The van der Waals surface area contributed by atoms with Crippen LogP contribution in [0.4, 0.5) is 5.82 Å². The van der Waals surface area contributed by atoms with Gasteiger partial charge in [0.15, 0.2) is 0 Å². The number of nitrogens with one attached hydrogen (secondary N) is 1. The molecular weight excluding hydrogens is 340 g/mol. The van der Waals surface area contributed by atoms with Gasteiger partial charge in [-0.1, -0.05) is 6.92 Å². The third kappa shape index (κ3) is 3.39. The number of carbonyl (C=O) groups is 2. The molecule has 5 N–H and O–H groups in total. The molecule has 138 valence electrons. The van der Waals surface area contributed by atoms with Crippen molar-refractivity contribution in [1.82, 2.24) is 4.98 Å². The SMILES string of the molecule is CCCOc1c(C)cc(-c2c(C(=O)O)c(N)[nH]c(=O)c2C(=O)O)cc1C. The van der Waals surface area contributed by atoms with Crippen molar-refractivity contribution in [3.63, 3.8) is 0 Å². The topological polar surface area (TPSA) is 143 Å². The maximum atomic E-state index is 12.1. The van der Waals surface area contributed by atoms with Crippen LogP contribution in [0.5, 0.6) is 5.75 Å². The minimum atomic E-state index is -1.54. The molecule has 8 heteroatoms. The average molecular weight is 360 g/mol. The Morgan fingerprint density at radius 1 is 1.12 bits per heavy atom. The van der Waals surface area contributed by atoms with Crippen LogP contribution in [0.3, 0.4) is 0 Å². The van der Waals surface area contributed by atoms with Gasteiger partial charge >= 0.3 is 11.9 Å². The Bertz CT molecular complexity index is 922. The number of anilines is 1. The number of hydrogen-bond donors (Lipinski definition) is 4. The summed E-state index contributed by atoms with van der Waals surface area (Å²) in [5.41, 5.74) is 5.00. The zero-order chi connectivity index (χ0) is 19.6. The lowest BCUT2D eigenvalue weighted by Gasteiger charge is -2.16. The number of aryl methyl sites for hydroxylation is 2. The monoisotopic (exact) mass is 360 g/mol. The summed E-state index contributed by atoms with van der Waals surface area (Å²) in [5, 5.41) is 18.9. The van der Waals surface area contributed by atoms with E-state index in [9.17, 15) is 24.6 Å². The molecule has 0 unspecified atom stereocenters. The number of nitrogen functional groups attached to an aromatic ring is 1. The van der Waals surface area contributed by atoms with Crippen molar-refractivity contribution in [3.05, 3.63) is 44.7 Å². The molecule has 0 spiro atoms. The lowest BCUT2D eigenvalue weighted by atomic mass is 9.92. The van der Waals surface area contributed by atoms with E-state index >= 15 is 0 Å². The van der Waals surface area contributed by atoms with Crippen molar-refractivity contribution < 1.29 is 24.5 Å². The van der Waals surface area contributed by atoms with Crippen LogP contribution < -0.4 is 16.0 Å². The van der Waals surface area contributed by atoms with Crippen molar-refractivity contribution in [2.24, 2.45) is 0 Å². The van der Waals surface area contributed by atoms with Crippen LogP contribution in [0.2, 0.25) is 0 Å². The zero-order valence-electron chi connectivity index (χ0n) is 14.7. The Labute approximate surface area is 149 Å². The van der Waals surface area contributed by atoms with Gasteiger partial charge < -0.3 is 25.7 Å². The number of rotatable bonds is 6. The first-order valence-electron chi connectivity index (χ1n) is 7.95. The number of benzene rings is 1. The molecule has 8 nitrogen and oxygen atoms in total. The Balaban J connectivity index is 2.85. The average Bonchev–Trinajstić information content (AvgIpc) is 2.52. The van der Waals surface area contributed by atoms with E-state index in [0.29, 0.717) is 23.5 Å². The maximum Gasteiger partial charge on any atom is 0.342 e. The summed E-state index contributed by atoms with van der Waals surface area (Å²) in [7, 11) is 0. The smallest absolute Gasteiger partial charge is 0.342 e. The summed E-state index contributed by atoms with van der Waals surface area (Å²) in [6, 6.07) is 3.18. The molecule has 26 heavy (non-hydrogen) atoms. The molecule has 0 saturated carbocycles. The van der Waals surface area contributed by atoms with Gasteiger partial charge in [0.05, 0.1) is 6.61 Å². The van der Waals surface area contributed by atoms with Crippen LogP contribution in [-0.2, 0) is 0 Å².